The third-order valence-corrected chi connectivity index (χ3v) is 5.23. The molecule has 144 valence electrons. The molecule has 0 spiro atoms. The molecule has 1 amide bonds. The lowest BCUT2D eigenvalue weighted by Crippen LogP contribution is -2.34. The second-order valence-corrected chi connectivity index (χ2v) is 7.35. The van der Waals surface area contributed by atoms with Crippen LogP contribution >= 0.6 is 0 Å². The molecule has 1 aromatic carbocycles. The highest BCUT2D eigenvalue weighted by molar-refractivity contribution is 5.95. The molecule has 0 bridgehead atoms. The molecule has 1 aromatic heterocycles. The van der Waals surface area contributed by atoms with Crippen LogP contribution < -0.4 is 5.32 Å². The van der Waals surface area contributed by atoms with Gasteiger partial charge in [-0.05, 0) is 38.2 Å². The van der Waals surface area contributed by atoms with Crippen LogP contribution in [0.5, 0.6) is 0 Å². The van der Waals surface area contributed by atoms with Crippen molar-refractivity contribution in [3.8, 4) is 0 Å². The van der Waals surface area contributed by atoms with E-state index in [-0.39, 0.29) is 18.5 Å². The number of aliphatic carboxylic acids is 1. The Morgan fingerprint density at radius 3 is 2.59 bits per heavy atom. The van der Waals surface area contributed by atoms with Gasteiger partial charge in [-0.25, -0.2) is 0 Å². The summed E-state index contributed by atoms with van der Waals surface area (Å²) in [4.78, 5) is 24.3. The molecule has 1 aliphatic carbocycles. The van der Waals surface area contributed by atoms with E-state index in [9.17, 15) is 14.7 Å². The van der Waals surface area contributed by atoms with Crippen LogP contribution in [0.4, 0.5) is 0 Å². The Morgan fingerprint density at radius 1 is 1.30 bits per heavy atom. The molecule has 1 fully saturated rings. The van der Waals surface area contributed by atoms with Gasteiger partial charge in [0.15, 0.2) is 0 Å². The molecule has 1 heterocycles. The lowest BCUT2D eigenvalue weighted by molar-refractivity contribution is -0.141. The molecular weight excluding hydrogens is 342 g/mol. The van der Waals surface area contributed by atoms with Crippen molar-refractivity contribution in [3.05, 3.63) is 53.3 Å². The van der Waals surface area contributed by atoms with Gasteiger partial charge in [0, 0.05) is 18.5 Å². The number of nitrogens with one attached hydrogen (secondary N) is 1. The van der Waals surface area contributed by atoms with E-state index in [1.54, 1.807) is 6.20 Å². The number of carboxylic acids is 1. The van der Waals surface area contributed by atoms with E-state index in [0.717, 1.165) is 30.5 Å². The fraction of sp³-hybridized carbons (Fsp3) is 0.476. The molecule has 2 unspecified atom stereocenters. The number of carbonyl (C=O) groups excluding carboxylic acids is 1. The average Bonchev–Trinajstić information content (AvgIpc) is 3.42. The Morgan fingerprint density at radius 2 is 2.00 bits per heavy atom. The van der Waals surface area contributed by atoms with Crippen molar-refractivity contribution >= 4 is 11.9 Å². The van der Waals surface area contributed by atoms with Gasteiger partial charge in [0.05, 0.1) is 23.4 Å². The zero-order valence-corrected chi connectivity index (χ0v) is 15.9. The maximum Gasteiger partial charge on any atom is 0.308 e. The highest BCUT2D eigenvalue weighted by Crippen LogP contribution is 2.42. The Balaban J connectivity index is 1.69. The zero-order chi connectivity index (χ0) is 19.4. The second-order valence-electron chi connectivity index (χ2n) is 7.35. The minimum atomic E-state index is -0.906. The van der Waals surface area contributed by atoms with Gasteiger partial charge in [0.2, 0.25) is 0 Å². The van der Waals surface area contributed by atoms with Gasteiger partial charge in [0.1, 0.15) is 0 Å². The molecule has 2 atom stereocenters. The predicted octanol–water partition coefficient (Wildman–Crippen LogP) is 3.40. The number of amides is 1. The maximum atomic E-state index is 12.7. The summed E-state index contributed by atoms with van der Waals surface area (Å²) in [5.41, 5.74) is 2.53. The molecule has 27 heavy (non-hydrogen) atoms. The average molecular weight is 369 g/mol. The normalized spacial score (nSPS) is 15.9. The van der Waals surface area contributed by atoms with Gasteiger partial charge < -0.3 is 10.4 Å². The maximum absolute atomic E-state index is 12.7. The fourth-order valence-corrected chi connectivity index (χ4v) is 3.29. The first kappa shape index (κ1) is 19.1. The molecule has 6 heteroatoms. The summed E-state index contributed by atoms with van der Waals surface area (Å²) in [6.07, 6.45) is 5.11. The standard InChI is InChI=1S/C21H27N3O3/c1-3-14(2)24-19(16-9-10-16)18(13-23-24)20(25)22-12-17(21(26)27)11-15-7-5-4-6-8-15/h4-8,13-14,16-17H,3,9-12H2,1-2H3,(H,22,25)(H,26,27). The smallest absolute Gasteiger partial charge is 0.308 e. The van der Waals surface area contributed by atoms with Crippen molar-refractivity contribution in [2.45, 2.75) is 51.5 Å². The van der Waals surface area contributed by atoms with Gasteiger partial charge in [-0.1, -0.05) is 37.3 Å². The summed E-state index contributed by atoms with van der Waals surface area (Å²) in [6, 6.07) is 9.72. The number of hydrogen-bond acceptors (Lipinski definition) is 3. The summed E-state index contributed by atoms with van der Waals surface area (Å²) in [5.74, 6) is -1.41. The Kier molecular flexibility index (Phi) is 5.94. The largest absolute Gasteiger partial charge is 0.481 e. The summed E-state index contributed by atoms with van der Waals surface area (Å²) in [6.45, 7) is 4.30. The highest BCUT2D eigenvalue weighted by Gasteiger charge is 2.33. The highest BCUT2D eigenvalue weighted by atomic mass is 16.4. The summed E-state index contributed by atoms with van der Waals surface area (Å²) in [5, 5.41) is 16.8. The van der Waals surface area contributed by atoms with E-state index >= 15 is 0 Å². The van der Waals surface area contributed by atoms with Crippen LogP contribution in [0.15, 0.2) is 36.5 Å². The van der Waals surface area contributed by atoms with Crippen LogP contribution in [-0.2, 0) is 11.2 Å². The van der Waals surface area contributed by atoms with Gasteiger partial charge >= 0.3 is 5.97 Å². The lowest BCUT2D eigenvalue weighted by atomic mass is 9.99. The van der Waals surface area contributed by atoms with Crippen LogP contribution in [0.3, 0.4) is 0 Å². The third kappa shape index (κ3) is 4.56. The molecule has 0 radical (unpaired) electrons. The van der Waals surface area contributed by atoms with Crippen molar-refractivity contribution in [1.82, 2.24) is 15.1 Å². The SMILES string of the molecule is CCC(C)n1ncc(C(=O)NCC(Cc2ccccc2)C(=O)O)c1C1CC1. The third-order valence-electron chi connectivity index (χ3n) is 5.23. The van der Waals surface area contributed by atoms with Crippen LogP contribution in [-0.4, -0.2) is 33.3 Å². The van der Waals surface area contributed by atoms with Crippen molar-refractivity contribution in [3.63, 3.8) is 0 Å². The quantitative estimate of drug-likeness (QED) is 0.709. The van der Waals surface area contributed by atoms with E-state index in [1.807, 2.05) is 35.0 Å². The second kappa shape index (κ2) is 8.37. The van der Waals surface area contributed by atoms with Crippen molar-refractivity contribution in [2.75, 3.05) is 6.54 Å². The van der Waals surface area contributed by atoms with Crippen molar-refractivity contribution in [2.24, 2.45) is 5.92 Å². The lowest BCUT2D eigenvalue weighted by Gasteiger charge is -2.16. The first-order valence-corrected chi connectivity index (χ1v) is 9.63. The van der Waals surface area contributed by atoms with E-state index in [2.05, 4.69) is 24.3 Å². The predicted molar refractivity (Wildman–Crippen MR) is 103 cm³/mol. The van der Waals surface area contributed by atoms with Gasteiger partial charge in [-0.15, -0.1) is 0 Å². The number of aromatic nitrogens is 2. The van der Waals surface area contributed by atoms with Crippen LogP contribution in [0.1, 0.15) is 66.7 Å². The molecule has 0 saturated heterocycles. The first-order chi connectivity index (χ1) is 13.0. The monoisotopic (exact) mass is 369 g/mol. The van der Waals surface area contributed by atoms with Gasteiger partial charge in [-0.3, -0.25) is 14.3 Å². The number of nitrogens with zero attached hydrogens (tertiary/aromatic N) is 2. The van der Waals surface area contributed by atoms with Crippen LogP contribution in [0.25, 0.3) is 0 Å². The van der Waals surface area contributed by atoms with E-state index in [4.69, 9.17) is 0 Å². The molecule has 2 aromatic rings. The molecule has 6 nitrogen and oxygen atoms in total. The molecule has 0 aliphatic heterocycles. The number of carbonyl (C=O) groups is 2. The van der Waals surface area contributed by atoms with Gasteiger partial charge in [0.25, 0.3) is 5.91 Å². The molecule has 1 aliphatic rings. The summed E-state index contributed by atoms with van der Waals surface area (Å²) >= 11 is 0. The van der Waals surface area contributed by atoms with E-state index < -0.39 is 11.9 Å². The van der Waals surface area contributed by atoms with Gasteiger partial charge in [-0.2, -0.15) is 5.10 Å². The minimum Gasteiger partial charge on any atom is -0.481 e. The Labute approximate surface area is 159 Å². The van der Waals surface area contributed by atoms with E-state index in [1.165, 1.54) is 0 Å². The first-order valence-electron chi connectivity index (χ1n) is 9.63. The number of rotatable bonds is 9. The number of benzene rings is 1. The summed E-state index contributed by atoms with van der Waals surface area (Å²) < 4.78 is 1.96. The minimum absolute atomic E-state index is 0.0989. The van der Waals surface area contributed by atoms with E-state index in [0.29, 0.717) is 17.9 Å². The topological polar surface area (TPSA) is 84.2 Å². The molecule has 2 N–H and O–H groups in total. The number of carboxylic acid groups (broad SMARTS) is 1. The molecule has 1 saturated carbocycles. The zero-order valence-electron chi connectivity index (χ0n) is 15.9. The fourth-order valence-electron chi connectivity index (χ4n) is 3.29. The van der Waals surface area contributed by atoms with Crippen LogP contribution in [0, 0.1) is 5.92 Å². The molecule has 3 rings (SSSR count). The molecular formula is C21H27N3O3. The van der Waals surface area contributed by atoms with Crippen molar-refractivity contribution < 1.29 is 14.7 Å². The Bertz CT molecular complexity index is 796. The Hall–Kier alpha value is -2.63. The van der Waals surface area contributed by atoms with Crippen LogP contribution in [0.2, 0.25) is 0 Å². The van der Waals surface area contributed by atoms with Crippen molar-refractivity contribution in [1.29, 1.82) is 0 Å². The summed E-state index contributed by atoms with van der Waals surface area (Å²) in [7, 11) is 0. The number of hydrogen-bond donors (Lipinski definition) is 2.